The summed E-state index contributed by atoms with van der Waals surface area (Å²) in [5.74, 6) is 2.33. The Kier molecular flexibility index (Phi) is 1.79. The fourth-order valence-electron chi connectivity index (χ4n) is 1.39. The molecule has 1 aromatic heterocycles. The second-order valence-electron chi connectivity index (χ2n) is 3.51. The summed E-state index contributed by atoms with van der Waals surface area (Å²) >= 11 is 0. The van der Waals surface area contributed by atoms with E-state index in [-0.39, 0.29) is 0 Å². The molecule has 3 nitrogen and oxygen atoms in total. The summed E-state index contributed by atoms with van der Waals surface area (Å²) in [6.45, 7) is 5.07. The zero-order valence-corrected chi connectivity index (χ0v) is 7.55. The molecule has 12 heavy (non-hydrogen) atoms. The lowest BCUT2D eigenvalue weighted by Gasteiger charge is -2.09. The largest absolute Gasteiger partial charge is 0.476 e. The number of nitrogens with zero attached hydrogens (tertiary/aromatic N) is 1. The average molecular weight is 166 g/mol. The van der Waals surface area contributed by atoms with E-state index in [4.69, 9.17) is 4.74 Å². The van der Waals surface area contributed by atoms with Gasteiger partial charge in [0, 0.05) is 5.92 Å². The monoisotopic (exact) mass is 166 g/mol. The van der Waals surface area contributed by atoms with Gasteiger partial charge in [-0.2, -0.15) is 4.98 Å². The van der Waals surface area contributed by atoms with E-state index in [1.165, 1.54) is 5.69 Å². The van der Waals surface area contributed by atoms with Gasteiger partial charge in [-0.3, -0.25) is 0 Å². The fourth-order valence-corrected chi connectivity index (χ4v) is 1.39. The van der Waals surface area contributed by atoms with E-state index >= 15 is 0 Å². The molecule has 0 spiro atoms. The molecule has 1 N–H and O–H groups in total. The average Bonchev–Trinajstić information content (AvgIpc) is 2.46. The molecular weight excluding hydrogens is 152 g/mol. The molecule has 1 aliphatic rings. The van der Waals surface area contributed by atoms with Crippen LogP contribution in [0.4, 0.5) is 0 Å². The van der Waals surface area contributed by atoms with Crippen molar-refractivity contribution in [2.24, 2.45) is 0 Å². The number of aromatic amines is 1. The van der Waals surface area contributed by atoms with Crippen LogP contribution >= 0.6 is 0 Å². The van der Waals surface area contributed by atoms with Gasteiger partial charge in [0.15, 0.2) is 0 Å². The molecule has 0 saturated heterocycles. The number of aromatic nitrogens is 2. The minimum absolute atomic E-state index is 0.458. The highest BCUT2D eigenvalue weighted by Crippen LogP contribution is 2.24. The normalized spacial score (nSPS) is 15.9. The number of rotatable bonds is 1. The van der Waals surface area contributed by atoms with Gasteiger partial charge in [0.05, 0.1) is 12.3 Å². The zero-order valence-electron chi connectivity index (χ0n) is 7.55. The van der Waals surface area contributed by atoms with Crippen LogP contribution in [0.25, 0.3) is 0 Å². The number of nitrogens with one attached hydrogen (secondary N) is 1. The summed E-state index contributed by atoms with van der Waals surface area (Å²) in [5, 5.41) is 0. The Morgan fingerprint density at radius 1 is 1.50 bits per heavy atom. The molecule has 0 fully saturated rings. The van der Waals surface area contributed by atoms with Gasteiger partial charge in [-0.1, -0.05) is 13.8 Å². The number of hydrogen-bond donors (Lipinski definition) is 1. The number of fused-ring (bicyclic) bond motifs is 1. The maximum Gasteiger partial charge on any atom is 0.235 e. The first-order valence-electron chi connectivity index (χ1n) is 4.49. The van der Waals surface area contributed by atoms with Crippen LogP contribution in [0.5, 0.6) is 5.88 Å². The lowest BCUT2D eigenvalue weighted by atomic mass is 10.2. The molecule has 1 aliphatic heterocycles. The van der Waals surface area contributed by atoms with Crippen molar-refractivity contribution in [3.05, 3.63) is 11.5 Å². The van der Waals surface area contributed by atoms with Gasteiger partial charge in [0.1, 0.15) is 5.82 Å². The number of imidazole rings is 1. The van der Waals surface area contributed by atoms with E-state index in [9.17, 15) is 0 Å². The maximum atomic E-state index is 5.41. The Hall–Kier alpha value is -0.990. The quantitative estimate of drug-likeness (QED) is 0.691. The first-order chi connectivity index (χ1) is 5.77. The van der Waals surface area contributed by atoms with Gasteiger partial charge in [-0.05, 0) is 12.8 Å². The van der Waals surface area contributed by atoms with Gasteiger partial charge in [-0.15, -0.1) is 0 Å². The lowest BCUT2D eigenvalue weighted by molar-refractivity contribution is 0.277. The topological polar surface area (TPSA) is 37.9 Å². The third kappa shape index (κ3) is 1.19. The molecule has 0 saturated carbocycles. The van der Waals surface area contributed by atoms with Crippen molar-refractivity contribution in [2.75, 3.05) is 6.61 Å². The van der Waals surface area contributed by atoms with E-state index < -0.39 is 0 Å². The van der Waals surface area contributed by atoms with Crippen LogP contribution in [0, 0.1) is 0 Å². The molecule has 0 atom stereocenters. The number of aryl methyl sites for hydroxylation is 1. The molecular formula is C9H14N2O. The molecule has 0 aliphatic carbocycles. The van der Waals surface area contributed by atoms with Crippen molar-refractivity contribution in [2.45, 2.75) is 32.6 Å². The standard InChI is InChI=1S/C9H14N2O/c1-6(2)8-10-7-4-3-5-12-9(7)11-8/h6H,3-5H2,1-2H3,(H,10,11). The minimum atomic E-state index is 0.458. The van der Waals surface area contributed by atoms with E-state index in [2.05, 4.69) is 23.8 Å². The Balaban J connectivity index is 2.32. The number of ether oxygens (including phenoxy) is 1. The molecule has 2 rings (SSSR count). The minimum Gasteiger partial charge on any atom is -0.476 e. The summed E-state index contributed by atoms with van der Waals surface area (Å²) in [6.07, 6.45) is 2.18. The van der Waals surface area contributed by atoms with Crippen LogP contribution in [-0.4, -0.2) is 16.6 Å². The van der Waals surface area contributed by atoms with Gasteiger partial charge in [-0.25, -0.2) is 0 Å². The van der Waals surface area contributed by atoms with Crippen molar-refractivity contribution in [3.63, 3.8) is 0 Å². The first-order valence-corrected chi connectivity index (χ1v) is 4.49. The van der Waals surface area contributed by atoms with Crippen molar-refractivity contribution in [3.8, 4) is 5.88 Å². The lowest BCUT2D eigenvalue weighted by Crippen LogP contribution is -2.07. The second kappa shape index (κ2) is 2.81. The van der Waals surface area contributed by atoms with E-state index in [0.717, 1.165) is 31.2 Å². The highest BCUT2D eigenvalue weighted by molar-refractivity contribution is 5.23. The summed E-state index contributed by atoms with van der Waals surface area (Å²) in [6, 6.07) is 0. The van der Waals surface area contributed by atoms with Crippen molar-refractivity contribution in [1.82, 2.24) is 9.97 Å². The Bertz CT molecular complexity index is 255. The van der Waals surface area contributed by atoms with Crippen molar-refractivity contribution >= 4 is 0 Å². The summed E-state index contributed by atoms with van der Waals surface area (Å²) in [7, 11) is 0. The molecule has 0 bridgehead atoms. The van der Waals surface area contributed by atoms with Gasteiger partial charge >= 0.3 is 0 Å². The SMILES string of the molecule is CC(C)c1nc2c([nH]1)CCCO2. The zero-order chi connectivity index (χ0) is 8.55. The summed E-state index contributed by atoms with van der Waals surface area (Å²) in [4.78, 5) is 7.67. The van der Waals surface area contributed by atoms with E-state index in [1.807, 2.05) is 0 Å². The van der Waals surface area contributed by atoms with Crippen LogP contribution in [-0.2, 0) is 6.42 Å². The molecule has 0 aromatic carbocycles. The number of H-pyrrole nitrogens is 1. The van der Waals surface area contributed by atoms with Crippen LogP contribution in [0.1, 0.15) is 37.7 Å². The molecule has 0 radical (unpaired) electrons. The van der Waals surface area contributed by atoms with Crippen LogP contribution in [0.15, 0.2) is 0 Å². The first kappa shape index (κ1) is 7.65. The second-order valence-corrected chi connectivity index (χ2v) is 3.51. The third-order valence-electron chi connectivity index (χ3n) is 2.12. The highest BCUT2D eigenvalue weighted by Gasteiger charge is 2.16. The Morgan fingerprint density at radius 3 is 3.00 bits per heavy atom. The molecule has 66 valence electrons. The third-order valence-corrected chi connectivity index (χ3v) is 2.12. The van der Waals surface area contributed by atoms with Crippen LogP contribution < -0.4 is 4.74 Å². The predicted molar refractivity (Wildman–Crippen MR) is 46.5 cm³/mol. The fraction of sp³-hybridized carbons (Fsp3) is 0.667. The maximum absolute atomic E-state index is 5.41. The van der Waals surface area contributed by atoms with Gasteiger partial charge < -0.3 is 9.72 Å². The smallest absolute Gasteiger partial charge is 0.235 e. The number of hydrogen-bond acceptors (Lipinski definition) is 2. The van der Waals surface area contributed by atoms with E-state index in [0.29, 0.717) is 5.92 Å². The molecule has 3 heteroatoms. The predicted octanol–water partition coefficient (Wildman–Crippen LogP) is 1.86. The molecule has 0 unspecified atom stereocenters. The van der Waals surface area contributed by atoms with Gasteiger partial charge in [0.2, 0.25) is 5.88 Å². The molecule has 0 amide bonds. The van der Waals surface area contributed by atoms with Crippen molar-refractivity contribution in [1.29, 1.82) is 0 Å². The van der Waals surface area contributed by atoms with Crippen LogP contribution in [0.2, 0.25) is 0 Å². The van der Waals surface area contributed by atoms with Gasteiger partial charge in [0.25, 0.3) is 0 Å². The molecule has 1 aromatic rings. The Morgan fingerprint density at radius 2 is 2.33 bits per heavy atom. The highest BCUT2D eigenvalue weighted by atomic mass is 16.5. The Labute approximate surface area is 72.2 Å². The summed E-state index contributed by atoms with van der Waals surface area (Å²) in [5.41, 5.74) is 1.17. The van der Waals surface area contributed by atoms with Crippen LogP contribution in [0.3, 0.4) is 0 Å². The van der Waals surface area contributed by atoms with Crippen molar-refractivity contribution < 1.29 is 4.74 Å². The van der Waals surface area contributed by atoms with E-state index in [1.54, 1.807) is 0 Å². The summed E-state index contributed by atoms with van der Waals surface area (Å²) < 4.78 is 5.41. The molecule has 2 heterocycles.